The maximum atomic E-state index is 11.7. The molecule has 4 heteroatoms. The van der Waals surface area contributed by atoms with Gasteiger partial charge in [-0.3, -0.25) is 0 Å². The first-order valence-corrected chi connectivity index (χ1v) is 8.06. The lowest BCUT2D eigenvalue weighted by Gasteiger charge is -2.25. The summed E-state index contributed by atoms with van der Waals surface area (Å²) in [6.07, 6.45) is 6.33. The van der Waals surface area contributed by atoms with Gasteiger partial charge in [0.2, 0.25) is 0 Å². The van der Waals surface area contributed by atoms with Crippen LogP contribution in [-0.4, -0.2) is 30.3 Å². The number of carbonyl (C=O) groups is 1. The van der Waals surface area contributed by atoms with E-state index in [2.05, 4.69) is 17.6 Å². The van der Waals surface area contributed by atoms with E-state index < -0.39 is 5.60 Å². The number of hydrogen-bond donors (Lipinski definition) is 2. The molecule has 4 nitrogen and oxygen atoms in total. The number of alkyl carbamates (subject to hydrolysis) is 1. The molecule has 116 valence electrons. The van der Waals surface area contributed by atoms with Gasteiger partial charge in [0.1, 0.15) is 5.60 Å². The number of ether oxygens (including phenoxy) is 1. The molecule has 0 aromatic carbocycles. The van der Waals surface area contributed by atoms with Gasteiger partial charge in [-0.15, -0.1) is 0 Å². The van der Waals surface area contributed by atoms with E-state index in [0.717, 1.165) is 11.8 Å². The lowest BCUT2D eigenvalue weighted by Crippen LogP contribution is -2.47. The molecule has 0 aliphatic heterocycles. The molecule has 0 aromatic heterocycles. The first-order chi connectivity index (χ1) is 9.33. The summed E-state index contributed by atoms with van der Waals surface area (Å²) >= 11 is 0. The Morgan fingerprint density at radius 2 is 1.90 bits per heavy atom. The van der Waals surface area contributed by atoms with E-state index in [1.807, 2.05) is 20.8 Å². The third kappa shape index (κ3) is 6.12. The fourth-order valence-electron chi connectivity index (χ4n) is 2.65. The summed E-state index contributed by atoms with van der Waals surface area (Å²) in [5, 5.41) is 6.61. The Hall–Kier alpha value is -0.770. The normalized spacial score (nSPS) is 22.2. The van der Waals surface area contributed by atoms with Crippen molar-refractivity contribution in [3.63, 3.8) is 0 Å². The number of nitrogens with one attached hydrogen (secondary N) is 2. The largest absolute Gasteiger partial charge is 0.444 e. The molecule has 2 aliphatic rings. The summed E-state index contributed by atoms with van der Waals surface area (Å²) in [4.78, 5) is 11.7. The molecule has 0 spiro atoms. The van der Waals surface area contributed by atoms with Crippen molar-refractivity contribution in [2.75, 3.05) is 6.54 Å². The summed E-state index contributed by atoms with van der Waals surface area (Å²) in [6.45, 7) is 8.61. The minimum Gasteiger partial charge on any atom is -0.444 e. The lowest BCUT2D eigenvalue weighted by molar-refractivity contribution is 0.0520. The topological polar surface area (TPSA) is 50.4 Å². The summed E-state index contributed by atoms with van der Waals surface area (Å²) in [5.74, 6) is 1.67. The molecule has 2 aliphatic carbocycles. The first-order valence-electron chi connectivity index (χ1n) is 8.06. The Labute approximate surface area is 123 Å². The van der Waals surface area contributed by atoms with Crippen LogP contribution >= 0.6 is 0 Å². The molecule has 20 heavy (non-hydrogen) atoms. The molecule has 2 rings (SSSR count). The molecule has 2 atom stereocenters. The van der Waals surface area contributed by atoms with Crippen LogP contribution in [0.3, 0.4) is 0 Å². The quantitative estimate of drug-likeness (QED) is 0.754. The minimum atomic E-state index is -0.425. The SMILES string of the molecule is CC(CC1CC1)NC(CNC(=O)OC(C)(C)C)C1CC1. The van der Waals surface area contributed by atoms with Crippen molar-refractivity contribution in [2.24, 2.45) is 11.8 Å². The lowest BCUT2D eigenvalue weighted by atomic mass is 10.1. The fourth-order valence-corrected chi connectivity index (χ4v) is 2.65. The van der Waals surface area contributed by atoms with E-state index in [4.69, 9.17) is 4.74 Å². The van der Waals surface area contributed by atoms with Crippen molar-refractivity contribution in [3.8, 4) is 0 Å². The van der Waals surface area contributed by atoms with Crippen molar-refractivity contribution >= 4 is 6.09 Å². The standard InChI is InChI=1S/C16H30N2O2/c1-11(9-12-5-6-12)18-14(13-7-8-13)10-17-15(19)20-16(2,3)4/h11-14,18H,5-10H2,1-4H3,(H,17,19). The predicted octanol–water partition coefficient (Wildman–Crippen LogP) is 3.07. The maximum absolute atomic E-state index is 11.7. The zero-order valence-electron chi connectivity index (χ0n) is 13.4. The van der Waals surface area contributed by atoms with E-state index >= 15 is 0 Å². The van der Waals surface area contributed by atoms with Crippen LogP contribution in [-0.2, 0) is 4.74 Å². The van der Waals surface area contributed by atoms with Gasteiger partial charge >= 0.3 is 6.09 Å². The Balaban J connectivity index is 1.70. The van der Waals surface area contributed by atoms with E-state index in [0.29, 0.717) is 18.6 Å². The van der Waals surface area contributed by atoms with Crippen molar-refractivity contribution < 1.29 is 9.53 Å². The van der Waals surface area contributed by atoms with Gasteiger partial charge in [0.25, 0.3) is 0 Å². The van der Waals surface area contributed by atoms with Crippen LogP contribution in [0, 0.1) is 11.8 Å². The van der Waals surface area contributed by atoms with Crippen LogP contribution in [0.1, 0.15) is 59.8 Å². The molecule has 2 unspecified atom stereocenters. The summed E-state index contributed by atoms with van der Waals surface area (Å²) in [6, 6.07) is 0.949. The molecule has 0 heterocycles. The number of carbonyl (C=O) groups excluding carboxylic acids is 1. The zero-order chi connectivity index (χ0) is 14.8. The van der Waals surface area contributed by atoms with Crippen LogP contribution in [0.15, 0.2) is 0 Å². The second-order valence-electron chi connectivity index (χ2n) is 7.57. The second kappa shape index (κ2) is 6.33. The van der Waals surface area contributed by atoms with Crippen molar-refractivity contribution in [2.45, 2.75) is 77.5 Å². The Morgan fingerprint density at radius 3 is 2.40 bits per heavy atom. The van der Waals surface area contributed by atoms with Gasteiger partial charge in [0.05, 0.1) is 0 Å². The van der Waals surface area contributed by atoms with E-state index in [1.165, 1.54) is 32.1 Å². The highest BCUT2D eigenvalue weighted by Crippen LogP contribution is 2.35. The highest BCUT2D eigenvalue weighted by atomic mass is 16.6. The van der Waals surface area contributed by atoms with Crippen LogP contribution in [0.25, 0.3) is 0 Å². The summed E-state index contributed by atoms with van der Waals surface area (Å²) < 4.78 is 5.29. The fraction of sp³-hybridized carbons (Fsp3) is 0.938. The first kappa shape index (κ1) is 15.6. The second-order valence-corrected chi connectivity index (χ2v) is 7.57. The molecule has 0 aromatic rings. The van der Waals surface area contributed by atoms with Crippen LogP contribution < -0.4 is 10.6 Å². The highest BCUT2D eigenvalue weighted by Gasteiger charge is 2.33. The van der Waals surface area contributed by atoms with Gasteiger partial charge in [-0.2, -0.15) is 0 Å². The highest BCUT2D eigenvalue weighted by molar-refractivity contribution is 5.67. The Morgan fingerprint density at radius 1 is 1.25 bits per heavy atom. The third-order valence-electron chi connectivity index (χ3n) is 3.94. The minimum absolute atomic E-state index is 0.306. The van der Waals surface area contributed by atoms with Crippen LogP contribution in [0.4, 0.5) is 4.79 Å². The molecule has 0 saturated heterocycles. The molecule has 0 bridgehead atoms. The Kier molecular flexibility index (Phi) is 4.95. The summed E-state index contributed by atoms with van der Waals surface area (Å²) in [7, 11) is 0. The van der Waals surface area contributed by atoms with E-state index in [1.54, 1.807) is 0 Å². The van der Waals surface area contributed by atoms with Gasteiger partial charge in [0, 0.05) is 18.6 Å². The smallest absolute Gasteiger partial charge is 0.407 e. The summed E-state index contributed by atoms with van der Waals surface area (Å²) in [5.41, 5.74) is -0.425. The van der Waals surface area contributed by atoms with Gasteiger partial charge in [-0.1, -0.05) is 12.8 Å². The monoisotopic (exact) mass is 282 g/mol. The van der Waals surface area contributed by atoms with E-state index in [9.17, 15) is 4.79 Å². The predicted molar refractivity (Wildman–Crippen MR) is 80.7 cm³/mol. The number of hydrogen-bond acceptors (Lipinski definition) is 3. The van der Waals surface area contributed by atoms with Gasteiger partial charge in [-0.05, 0) is 58.8 Å². The number of amides is 1. The molecule has 2 N–H and O–H groups in total. The molecule has 2 saturated carbocycles. The van der Waals surface area contributed by atoms with Crippen molar-refractivity contribution in [1.82, 2.24) is 10.6 Å². The van der Waals surface area contributed by atoms with Gasteiger partial charge in [-0.25, -0.2) is 4.79 Å². The van der Waals surface area contributed by atoms with Crippen molar-refractivity contribution in [1.29, 1.82) is 0 Å². The number of rotatable bonds is 7. The molecule has 0 radical (unpaired) electrons. The van der Waals surface area contributed by atoms with Gasteiger partial charge < -0.3 is 15.4 Å². The molecule has 2 fully saturated rings. The van der Waals surface area contributed by atoms with Crippen molar-refractivity contribution in [3.05, 3.63) is 0 Å². The average Bonchev–Trinajstić information content (AvgIpc) is 3.13. The molecule has 1 amide bonds. The molecular weight excluding hydrogens is 252 g/mol. The Bertz CT molecular complexity index is 330. The van der Waals surface area contributed by atoms with Gasteiger partial charge in [0.15, 0.2) is 0 Å². The zero-order valence-corrected chi connectivity index (χ0v) is 13.4. The van der Waals surface area contributed by atoms with Crippen LogP contribution in [0.2, 0.25) is 0 Å². The third-order valence-corrected chi connectivity index (χ3v) is 3.94. The van der Waals surface area contributed by atoms with Crippen LogP contribution in [0.5, 0.6) is 0 Å². The maximum Gasteiger partial charge on any atom is 0.407 e. The molecular formula is C16H30N2O2. The average molecular weight is 282 g/mol. The van der Waals surface area contributed by atoms with E-state index in [-0.39, 0.29) is 6.09 Å².